The Kier molecular flexibility index (Phi) is 8.51. The number of nitrogens with two attached hydrogens (primary N) is 1. The Labute approximate surface area is 131 Å². The minimum Gasteiger partial charge on any atom is -0.370 e. The summed E-state index contributed by atoms with van der Waals surface area (Å²) in [5, 5.41) is 6.29. The lowest BCUT2D eigenvalue weighted by molar-refractivity contribution is 0.621. The molecule has 4 nitrogen and oxygen atoms in total. The summed E-state index contributed by atoms with van der Waals surface area (Å²) in [6, 6.07) is 0. The van der Waals surface area contributed by atoms with Gasteiger partial charge in [0.25, 0.3) is 0 Å². The fraction of sp³-hybridized carbons (Fsp3) is 0.667. The van der Waals surface area contributed by atoms with Crippen molar-refractivity contribution in [3.8, 4) is 0 Å². The van der Waals surface area contributed by atoms with Crippen LogP contribution in [0.3, 0.4) is 0 Å². The SMILES string of the molecule is CC(C)CNC(N)=NCc1csc(C(C)C)n1.I. The van der Waals surface area contributed by atoms with E-state index in [9.17, 15) is 0 Å². The van der Waals surface area contributed by atoms with Gasteiger partial charge in [0.2, 0.25) is 0 Å². The molecule has 104 valence electrons. The molecule has 0 aliphatic carbocycles. The number of nitrogens with one attached hydrogen (secondary N) is 1. The third-order valence-electron chi connectivity index (χ3n) is 2.17. The third kappa shape index (κ3) is 6.53. The van der Waals surface area contributed by atoms with Gasteiger partial charge in [0.15, 0.2) is 5.96 Å². The van der Waals surface area contributed by atoms with Gasteiger partial charge < -0.3 is 11.1 Å². The lowest BCUT2D eigenvalue weighted by Crippen LogP contribution is -2.34. The molecule has 1 aromatic rings. The largest absolute Gasteiger partial charge is 0.370 e. The van der Waals surface area contributed by atoms with Gasteiger partial charge in [-0.25, -0.2) is 9.98 Å². The Bertz CT molecular complexity index is 374. The molecule has 0 fully saturated rings. The van der Waals surface area contributed by atoms with Crippen molar-refractivity contribution in [2.45, 2.75) is 40.2 Å². The topological polar surface area (TPSA) is 63.3 Å². The van der Waals surface area contributed by atoms with E-state index in [1.165, 1.54) is 0 Å². The quantitative estimate of drug-likeness (QED) is 0.468. The number of halogens is 1. The highest BCUT2D eigenvalue weighted by atomic mass is 127. The lowest BCUT2D eigenvalue weighted by atomic mass is 10.2. The monoisotopic (exact) mass is 382 g/mol. The Morgan fingerprint density at radius 3 is 2.61 bits per heavy atom. The molecule has 0 saturated carbocycles. The minimum atomic E-state index is 0. The summed E-state index contributed by atoms with van der Waals surface area (Å²) in [7, 11) is 0. The Balaban J connectivity index is 0.00000289. The Morgan fingerprint density at radius 2 is 2.11 bits per heavy atom. The van der Waals surface area contributed by atoms with Crippen LogP contribution in [0.15, 0.2) is 10.4 Å². The highest BCUT2D eigenvalue weighted by Crippen LogP contribution is 2.19. The predicted octanol–water partition coefficient (Wildman–Crippen LogP) is 2.94. The molecule has 1 rings (SSSR count). The third-order valence-corrected chi connectivity index (χ3v) is 3.36. The van der Waals surface area contributed by atoms with E-state index in [4.69, 9.17) is 5.73 Å². The molecule has 0 atom stereocenters. The van der Waals surface area contributed by atoms with Crippen molar-refractivity contribution in [3.63, 3.8) is 0 Å². The highest BCUT2D eigenvalue weighted by Gasteiger charge is 2.05. The van der Waals surface area contributed by atoms with Crippen LogP contribution in [0.4, 0.5) is 0 Å². The van der Waals surface area contributed by atoms with Gasteiger partial charge >= 0.3 is 0 Å². The molecule has 1 heterocycles. The maximum Gasteiger partial charge on any atom is 0.188 e. The van der Waals surface area contributed by atoms with E-state index in [1.54, 1.807) is 11.3 Å². The molecule has 3 N–H and O–H groups in total. The van der Waals surface area contributed by atoms with Crippen LogP contribution in [0, 0.1) is 5.92 Å². The molecular formula is C12H23IN4S. The van der Waals surface area contributed by atoms with Crippen LogP contribution >= 0.6 is 35.3 Å². The van der Waals surface area contributed by atoms with Gasteiger partial charge in [-0.3, -0.25) is 0 Å². The maximum atomic E-state index is 5.75. The first kappa shape index (κ1) is 17.6. The number of aliphatic imine (C=N–C) groups is 1. The second-order valence-electron chi connectivity index (χ2n) is 4.81. The molecule has 0 saturated heterocycles. The second kappa shape index (κ2) is 8.68. The van der Waals surface area contributed by atoms with Crippen molar-refractivity contribution in [1.82, 2.24) is 10.3 Å². The smallest absolute Gasteiger partial charge is 0.188 e. The molecule has 18 heavy (non-hydrogen) atoms. The summed E-state index contributed by atoms with van der Waals surface area (Å²) in [5.74, 6) is 1.54. The van der Waals surface area contributed by atoms with Gasteiger partial charge in [0.1, 0.15) is 0 Å². The summed E-state index contributed by atoms with van der Waals surface area (Å²) in [5.41, 5.74) is 6.74. The summed E-state index contributed by atoms with van der Waals surface area (Å²) in [6.07, 6.45) is 0. The standard InChI is InChI=1S/C12H22N4S.HI/c1-8(2)5-14-12(13)15-6-10-7-17-11(16-10)9(3)4;/h7-9H,5-6H2,1-4H3,(H3,13,14,15);1H. The van der Waals surface area contributed by atoms with Crippen molar-refractivity contribution in [2.24, 2.45) is 16.6 Å². The van der Waals surface area contributed by atoms with Gasteiger partial charge in [-0.15, -0.1) is 35.3 Å². The second-order valence-corrected chi connectivity index (χ2v) is 5.70. The average molecular weight is 382 g/mol. The molecule has 0 amide bonds. The molecule has 0 radical (unpaired) electrons. The molecule has 0 aliphatic heterocycles. The molecule has 0 spiro atoms. The van der Waals surface area contributed by atoms with Gasteiger partial charge in [-0.2, -0.15) is 0 Å². The number of thiazole rings is 1. The van der Waals surface area contributed by atoms with Gasteiger partial charge in [-0.05, 0) is 5.92 Å². The number of guanidine groups is 1. The lowest BCUT2D eigenvalue weighted by Gasteiger charge is -2.07. The zero-order valence-corrected chi connectivity index (χ0v) is 14.6. The van der Waals surface area contributed by atoms with E-state index in [0.29, 0.717) is 24.3 Å². The van der Waals surface area contributed by atoms with E-state index >= 15 is 0 Å². The molecule has 0 unspecified atom stereocenters. The number of hydrogen-bond donors (Lipinski definition) is 2. The number of hydrogen-bond acceptors (Lipinski definition) is 3. The number of rotatable bonds is 5. The van der Waals surface area contributed by atoms with Crippen LogP contribution in [0.25, 0.3) is 0 Å². The first-order valence-corrected chi connectivity index (χ1v) is 6.85. The van der Waals surface area contributed by atoms with Gasteiger partial charge in [-0.1, -0.05) is 27.7 Å². The van der Waals surface area contributed by atoms with E-state index in [1.807, 2.05) is 0 Å². The summed E-state index contributed by atoms with van der Waals surface area (Å²) >= 11 is 1.69. The number of nitrogens with zero attached hydrogens (tertiary/aromatic N) is 2. The van der Waals surface area contributed by atoms with Crippen LogP contribution in [0.1, 0.15) is 44.3 Å². The maximum absolute atomic E-state index is 5.75. The van der Waals surface area contributed by atoms with E-state index in [0.717, 1.165) is 17.2 Å². The van der Waals surface area contributed by atoms with E-state index < -0.39 is 0 Å². The average Bonchev–Trinajstić information content (AvgIpc) is 2.72. The van der Waals surface area contributed by atoms with Crippen molar-refractivity contribution >= 4 is 41.3 Å². The number of aromatic nitrogens is 1. The molecule has 1 aromatic heterocycles. The predicted molar refractivity (Wildman–Crippen MR) is 89.8 cm³/mol. The normalized spacial score (nSPS) is 11.8. The van der Waals surface area contributed by atoms with Crippen LogP contribution < -0.4 is 11.1 Å². The molecule has 0 aromatic carbocycles. The summed E-state index contributed by atoms with van der Waals surface area (Å²) in [4.78, 5) is 8.77. The van der Waals surface area contributed by atoms with Crippen molar-refractivity contribution in [1.29, 1.82) is 0 Å². The molecule has 0 aliphatic rings. The first-order valence-electron chi connectivity index (χ1n) is 5.97. The molecule has 6 heteroatoms. The summed E-state index contributed by atoms with van der Waals surface area (Å²) < 4.78 is 0. The van der Waals surface area contributed by atoms with E-state index in [-0.39, 0.29) is 24.0 Å². The molecular weight excluding hydrogens is 359 g/mol. The van der Waals surface area contributed by atoms with Gasteiger partial charge in [0, 0.05) is 17.8 Å². The van der Waals surface area contributed by atoms with Crippen molar-refractivity contribution in [2.75, 3.05) is 6.54 Å². The fourth-order valence-corrected chi connectivity index (χ4v) is 2.02. The fourth-order valence-electron chi connectivity index (χ4n) is 1.19. The first-order chi connectivity index (χ1) is 7.99. The van der Waals surface area contributed by atoms with Crippen LogP contribution in [-0.2, 0) is 6.54 Å². The van der Waals surface area contributed by atoms with Crippen molar-refractivity contribution < 1.29 is 0 Å². The van der Waals surface area contributed by atoms with Gasteiger partial charge in [0.05, 0.1) is 17.2 Å². The van der Waals surface area contributed by atoms with Crippen LogP contribution in [-0.4, -0.2) is 17.5 Å². The molecule has 0 bridgehead atoms. The van der Waals surface area contributed by atoms with Crippen LogP contribution in [0.5, 0.6) is 0 Å². The zero-order chi connectivity index (χ0) is 12.8. The highest BCUT2D eigenvalue weighted by molar-refractivity contribution is 14.0. The summed E-state index contributed by atoms with van der Waals surface area (Å²) in [6.45, 7) is 9.96. The minimum absolute atomic E-state index is 0. The van der Waals surface area contributed by atoms with Crippen LogP contribution in [0.2, 0.25) is 0 Å². The zero-order valence-electron chi connectivity index (χ0n) is 11.4. The Hall–Kier alpha value is -0.370. The van der Waals surface area contributed by atoms with E-state index in [2.05, 4.69) is 48.4 Å². The Morgan fingerprint density at radius 1 is 1.44 bits per heavy atom. The van der Waals surface area contributed by atoms with Crippen molar-refractivity contribution in [3.05, 3.63) is 16.1 Å².